The van der Waals surface area contributed by atoms with Crippen LogP contribution in [0.4, 0.5) is 0 Å². The van der Waals surface area contributed by atoms with Crippen LogP contribution < -0.4 is 0 Å². The molecule has 27 heavy (non-hydrogen) atoms. The van der Waals surface area contributed by atoms with Gasteiger partial charge in [-0.15, -0.1) is 0 Å². The molecule has 0 aliphatic carbocycles. The van der Waals surface area contributed by atoms with Gasteiger partial charge >= 0.3 is 0 Å². The van der Waals surface area contributed by atoms with Crippen molar-refractivity contribution in [2.75, 3.05) is 6.54 Å². The van der Waals surface area contributed by atoms with E-state index in [1.807, 2.05) is 17.0 Å². The van der Waals surface area contributed by atoms with E-state index in [0.29, 0.717) is 17.8 Å². The first-order chi connectivity index (χ1) is 12.8. The summed E-state index contributed by atoms with van der Waals surface area (Å²) in [6, 6.07) is 3.86. The number of aliphatic hydroxyl groups is 1. The Labute approximate surface area is 160 Å². The summed E-state index contributed by atoms with van der Waals surface area (Å²) in [7, 11) is 0. The summed E-state index contributed by atoms with van der Waals surface area (Å²) < 4.78 is 0. The second kappa shape index (κ2) is 7.76. The van der Waals surface area contributed by atoms with Gasteiger partial charge in [-0.25, -0.2) is 0 Å². The van der Waals surface area contributed by atoms with E-state index in [0.717, 1.165) is 31.4 Å². The largest absolute Gasteiger partial charge is 0.384 e. The van der Waals surface area contributed by atoms with Gasteiger partial charge in [0.15, 0.2) is 0 Å². The number of pyridine rings is 1. The molecule has 2 atom stereocenters. The van der Waals surface area contributed by atoms with Gasteiger partial charge in [0.2, 0.25) is 0 Å². The molecule has 1 saturated heterocycles. The molecule has 7 nitrogen and oxygen atoms in total. The quantitative estimate of drug-likeness (QED) is 0.874. The van der Waals surface area contributed by atoms with E-state index < -0.39 is 5.60 Å². The van der Waals surface area contributed by atoms with E-state index in [1.165, 1.54) is 0 Å². The van der Waals surface area contributed by atoms with Crippen molar-refractivity contribution in [1.82, 2.24) is 24.9 Å². The highest BCUT2D eigenvalue weighted by molar-refractivity contribution is 5.95. The Kier molecular flexibility index (Phi) is 5.60. The molecular formula is C20H29N5O2. The molecule has 0 saturated carbocycles. The van der Waals surface area contributed by atoms with Gasteiger partial charge in [-0.3, -0.25) is 9.78 Å². The molecule has 1 amide bonds. The zero-order chi connectivity index (χ0) is 19.6. The number of carbonyl (C=O) groups is 1. The lowest BCUT2D eigenvalue weighted by Crippen LogP contribution is -2.46. The molecule has 0 aromatic carbocycles. The molecule has 7 heteroatoms. The molecule has 3 heterocycles. The van der Waals surface area contributed by atoms with Crippen molar-refractivity contribution in [3.05, 3.63) is 41.5 Å². The smallest absolute Gasteiger partial charge is 0.256 e. The SMILES string of the molecule is CCCc1ncccc1C(=O)N1C[C@H](n2ncc(C(C)(C)O)n2)CC[C@H]1C. The fourth-order valence-corrected chi connectivity index (χ4v) is 3.51. The number of hydrogen-bond acceptors (Lipinski definition) is 5. The first-order valence-corrected chi connectivity index (χ1v) is 9.70. The van der Waals surface area contributed by atoms with E-state index in [1.54, 1.807) is 31.0 Å². The van der Waals surface area contributed by atoms with E-state index in [4.69, 9.17) is 0 Å². The number of aryl methyl sites for hydroxylation is 1. The Morgan fingerprint density at radius 1 is 1.37 bits per heavy atom. The predicted octanol–water partition coefficient (Wildman–Crippen LogP) is 2.72. The third kappa shape index (κ3) is 4.18. The highest BCUT2D eigenvalue weighted by Gasteiger charge is 2.33. The lowest BCUT2D eigenvalue weighted by molar-refractivity contribution is 0.0532. The minimum atomic E-state index is -1.03. The number of hydrogen-bond donors (Lipinski definition) is 1. The molecule has 1 N–H and O–H groups in total. The average Bonchev–Trinajstić information content (AvgIpc) is 3.13. The molecule has 1 aliphatic heterocycles. The topological polar surface area (TPSA) is 84.1 Å². The first-order valence-electron chi connectivity index (χ1n) is 9.70. The number of piperidine rings is 1. The molecular weight excluding hydrogens is 342 g/mol. The summed E-state index contributed by atoms with van der Waals surface area (Å²) in [6.45, 7) is 8.12. The Morgan fingerprint density at radius 2 is 2.15 bits per heavy atom. The average molecular weight is 371 g/mol. The van der Waals surface area contributed by atoms with Gasteiger partial charge in [-0.05, 0) is 52.2 Å². The molecule has 2 aromatic heterocycles. The third-order valence-corrected chi connectivity index (χ3v) is 5.19. The van der Waals surface area contributed by atoms with Crippen LogP contribution >= 0.6 is 0 Å². The van der Waals surface area contributed by atoms with Crippen LogP contribution in [0.15, 0.2) is 24.5 Å². The molecule has 0 spiro atoms. The van der Waals surface area contributed by atoms with Gasteiger partial charge in [0.25, 0.3) is 5.91 Å². The minimum Gasteiger partial charge on any atom is -0.384 e. The van der Waals surface area contributed by atoms with E-state index in [9.17, 15) is 9.90 Å². The second-order valence-corrected chi connectivity index (χ2v) is 7.89. The summed E-state index contributed by atoms with van der Waals surface area (Å²) in [5, 5.41) is 18.9. The standard InChI is InChI=1S/C20H29N5O2/c1-5-7-17-16(8-6-11-21-17)19(26)24-13-15(10-9-14(24)2)25-22-12-18(23-25)20(3,4)27/h6,8,11-12,14-15,27H,5,7,9-10,13H2,1-4H3/t14-,15-/m1/s1. The Bertz CT molecular complexity index is 796. The number of carbonyl (C=O) groups excluding carboxylic acids is 1. The van der Waals surface area contributed by atoms with Crippen LogP contribution in [0.3, 0.4) is 0 Å². The number of nitrogens with zero attached hydrogens (tertiary/aromatic N) is 5. The molecule has 0 unspecified atom stereocenters. The Hall–Kier alpha value is -2.28. The zero-order valence-electron chi connectivity index (χ0n) is 16.6. The summed E-state index contributed by atoms with van der Waals surface area (Å²) in [4.78, 5) is 21.2. The fourth-order valence-electron chi connectivity index (χ4n) is 3.51. The first kappa shape index (κ1) is 19.5. The van der Waals surface area contributed by atoms with Gasteiger partial charge in [0.1, 0.15) is 11.3 Å². The third-order valence-electron chi connectivity index (χ3n) is 5.19. The van der Waals surface area contributed by atoms with Crippen LogP contribution in [0.5, 0.6) is 0 Å². The normalized spacial score (nSPS) is 20.7. The lowest BCUT2D eigenvalue weighted by Gasteiger charge is -2.37. The summed E-state index contributed by atoms with van der Waals surface area (Å²) in [6.07, 6.45) is 6.88. The Morgan fingerprint density at radius 3 is 2.81 bits per heavy atom. The highest BCUT2D eigenvalue weighted by atomic mass is 16.3. The maximum Gasteiger partial charge on any atom is 0.256 e. The number of likely N-dealkylation sites (tertiary alicyclic amines) is 1. The molecule has 146 valence electrons. The molecule has 0 bridgehead atoms. The van der Waals surface area contributed by atoms with Gasteiger partial charge in [0.05, 0.1) is 23.5 Å². The van der Waals surface area contributed by atoms with Gasteiger partial charge < -0.3 is 10.0 Å². The van der Waals surface area contributed by atoms with Crippen molar-refractivity contribution in [3.63, 3.8) is 0 Å². The van der Waals surface area contributed by atoms with Crippen LogP contribution in [-0.4, -0.2) is 48.5 Å². The molecule has 2 aromatic rings. The minimum absolute atomic E-state index is 0.00699. The van der Waals surface area contributed by atoms with Crippen molar-refractivity contribution in [2.24, 2.45) is 0 Å². The maximum absolute atomic E-state index is 13.2. The van der Waals surface area contributed by atoms with E-state index in [2.05, 4.69) is 29.0 Å². The summed E-state index contributed by atoms with van der Waals surface area (Å²) >= 11 is 0. The van der Waals surface area contributed by atoms with Crippen LogP contribution in [0.1, 0.15) is 74.7 Å². The van der Waals surface area contributed by atoms with Gasteiger partial charge in [-0.2, -0.15) is 15.0 Å². The predicted molar refractivity (Wildman–Crippen MR) is 102 cm³/mol. The van der Waals surface area contributed by atoms with Crippen molar-refractivity contribution in [1.29, 1.82) is 0 Å². The zero-order valence-corrected chi connectivity index (χ0v) is 16.6. The summed E-state index contributed by atoms with van der Waals surface area (Å²) in [5.74, 6) is 0.0265. The van der Waals surface area contributed by atoms with Crippen molar-refractivity contribution in [3.8, 4) is 0 Å². The van der Waals surface area contributed by atoms with Crippen LogP contribution in [-0.2, 0) is 12.0 Å². The molecule has 0 radical (unpaired) electrons. The van der Waals surface area contributed by atoms with Crippen molar-refractivity contribution in [2.45, 2.75) is 71.1 Å². The molecule has 3 rings (SSSR count). The van der Waals surface area contributed by atoms with Crippen molar-refractivity contribution < 1.29 is 9.90 Å². The van der Waals surface area contributed by atoms with Crippen LogP contribution in [0, 0.1) is 0 Å². The number of amides is 1. The maximum atomic E-state index is 13.2. The van der Waals surface area contributed by atoms with E-state index >= 15 is 0 Å². The van der Waals surface area contributed by atoms with E-state index in [-0.39, 0.29) is 18.0 Å². The highest BCUT2D eigenvalue weighted by Crippen LogP contribution is 2.27. The monoisotopic (exact) mass is 371 g/mol. The van der Waals surface area contributed by atoms with Gasteiger partial charge in [-0.1, -0.05) is 13.3 Å². The molecule has 1 fully saturated rings. The fraction of sp³-hybridized carbons (Fsp3) is 0.600. The summed E-state index contributed by atoms with van der Waals surface area (Å²) in [5.41, 5.74) is 1.07. The van der Waals surface area contributed by atoms with Crippen LogP contribution in [0.2, 0.25) is 0 Å². The number of aromatic nitrogens is 4. The number of rotatable bonds is 5. The van der Waals surface area contributed by atoms with Crippen LogP contribution in [0.25, 0.3) is 0 Å². The lowest BCUT2D eigenvalue weighted by atomic mass is 9.98. The van der Waals surface area contributed by atoms with Crippen molar-refractivity contribution >= 4 is 5.91 Å². The molecule has 1 aliphatic rings. The van der Waals surface area contributed by atoms with Gasteiger partial charge in [0, 0.05) is 18.8 Å². The second-order valence-electron chi connectivity index (χ2n) is 7.89. The Balaban J connectivity index is 1.81.